The first kappa shape index (κ1) is 16.5. The van der Waals surface area contributed by atoms with Gasteiger partial charge in [-0.1, -0.05) is 18.2 Å². The van der Waals surface area contributed by atoms with E-state index in [1.54, 1.807) is 30.0 Å². The van der Waals surface area contributed by atoms with Gasteiger partial charge in [0, 0.05) is 17.8 Å². The number of nitrogens with zero attached hydrogens (tertiary/aromatic N) is 1. The molecule has 0 bridgehead atoms. The smallest absolute Gasteiger partial charge is 0.258 e. The molecular formula is C18H20N2O3S. The van der Waals surface area contributed by atoms with Crippen LogP contribution in [0.3, 0.4) is 0 Å². The topological polar surface area (TPSA) is 66.5 Å². The van der Waals surface area contributed by atoms with Gasteiger partial charge < -0.3 is 4.90 Å². The minimum Gasteiger partial charge on any atom is -0.308 e. The zero-order valence-electron chi connectivity index (χ0n) is 13.7. The van der Waals surface area contributed by atoms with Crippen molar-refractivity contribution in [3.8, 4) is 0 Å². The molecule has 0 unspecified atom stereocenters. The lowest BCUT2D eigenvalue weighted by molar-refractivity contribution is 0.0985. The summed E-state index contributed by atoms with van der Waals surface area (Å²) in [6.07, 6.45) is 3.03. The molecule has 6 heteroatoms. The molecule has 0 fully saturated rings. The molecule has 0 aromatic heterocycles. The highest BCUT2D eigenvalue weighted by Crippen LogP contribution is 2.28. The summed E-state index contributed by atoms with van der Waals surface area (Å²) in [5.41, 5.74) is 3.92. The third-order valence-electron chi connectivity index (χ3n) is 4.12. The lowest BCUT2D eigenvalue weighted by Gasteiger charge is -2.29. The Bertz CT molecular complexity index is 891. The van der Waals surface area contributed by atoms with Crippen LogP contribution in [0.25, 0.3) is 0 Å². The van der Waals surface area contributed by atoms with Crippen LogP contribution in [0, 0.1) is 6.92 Å². The summed E-state index contributed by atoms with van der Waals surface area (Å²) in [5, 5.41) is 0. The first-order chi connectivity index (χ1) is 11.3. The molecule has 1 N–H and O–H groups in total. The van der Waals surface area contributed by atoms with Gasteiger partial charge in [-0.25, -0.2) is 8.42 Å². The number of carbonyl (C=O) groups excluding carboxylic acids is 1. The molecule has 126 valence electrons. The van der Waals surface area contributed by atoms with E-state index in [9.17, 15) is 13.2 Å². The molecule has 0 radical (unpaired) electrons. The van der Waals surface area contributed by atoms with Gasteiger partial charge in [-0.05, 0) is 55.2 Å². The Kier molecular flexibility index (Phi) is 4.32. The summed E-state index contributed by atoms with van der Waals surface area (Å²) in [6, 6.07) is 13.0. The molecule has 2 aromatic rings. The van der Waals surface area contributed by atoms with Crippen molar-refractivity contribution >= 4 is 27.3 Å². The Labute approximate surface area is 142 Å². The summed E-state index contributed by atoms with van der Waals surface area (Å²) < 4.78 is 25.2. The van der Waals surface area contributed by atoms with Gasteiger partial charge in [0.2, 0.25) is 10.0 Å². The molecule has 0 aliphatic carbocycles. The molecule has 24 heavy (non-hydrogen) atoms. The van der Waals surface area contributed by atoms with Gasteiger partial charge in [0.15, 0.2) is 0 Å². The molecule has 1 amide bonds. The number of para-hydroxylation sites is 1. The second-order valence-electron chi connectivity index (χ2n) is 6.09. The Balaban J connectivity index is 1.90. The lowest BCUT2D eigenvalue weighted by atomic mass is 10.0. The quantitative estimate of drug-likeness (QED) is 0.931. The van der Waals surface area contributed by atoms with Crippen molar-refractivity contribution in [2.45, 2.75) is 19.8 Å². The van der Waals surface area contributed by atoms with Gasteiger partial charge in [-0.2, -0.15) is 0 Å². The van der Waals surface area contributed by atoms with E-state index in [2.05, 4.69) is 10.8 Å². The van der Waals surface area contributed by atoms with Crippen LogP contribution in [0.2, 0.25) is 0 Å². The molecular weight excluding hydrogens is 324 g/mol. The highest BCUT2D eigenvalue weighted by molar-refractivity contribution is 7.92. The van der Waals surface area contributed by atoms with E-state index in [4.69, 9.17) is 0 Å². The fraction of sp³-hybridized carbons (Fsp3) is 0.278. The van der Waals surface area contributed by atoms with E-state index in [-0.39, 0.29) is 5.91 Å². The van der Waals surface area contributed by atoms with Crippen LogP contribution >= 0.6 is 0 Å². The number of fused-ring (bicyclic) bond motifs is 1. The number of anilines is 2. The minimum atomic E-state index is -3.34. The summed E-state index contributed by atoms with van der Waals surface area (Å²) in [6.45, 7) is 2.48. The van der Waals surface area contributed by atoms with Crippen molar-refractivity contribution in [3.05, 3.63) is 59.2 Å². The summed E-state index contributed by atoms with van der Waals surface area (Å²) in [4.78, 5) is 14.7. The Morgan fingerprint density at radius 1 is 1.17 bits per heavy atom. The van der Waals surface area contributed by atoms with E-state index in [0.717, 1.165) is 30.3 Å². The summed E-state index contributed by atoms with van der Waals surface area (Å²) >= 11 is 0. The molecule has 1 aliphatic rings. The summed E-state index contributed by atoms with van der Waals surface area (Å²) in [5.74, 6) is -0.0591. The van der Waals surface area contributed by atoms with Crippen LogP contribution in [-0.4, -0.2) is 27.1 Å². The monoisotopic (exact) mass is 344 g/mol. The van der Waals surface area contributed by atoms with Gasteiger partial charge in [0.05, 0.1) is 11.9 Å². The highest BCUT2D eigenvalue weighted by Gasteiger charge is 2.23. The van der Waals surface area contributed by atoms with Crippen LogP contribution < -0.4 is 9.62 Å². The minimum absolute atomic E-state index is 0.0591. The summed E-state index contributed by atoms with van der Waals surface area (Å²) in [7, 11) is -3.34. The van der Waals surface area contributed by atoms with E-state index in [1.807, 2.05) is 18.2 Å². The molecule has 0 atom stereocenters. The number of nitrogens with one attached hydrogen (secondary N) is 1. The Morgan fingerprint density at radius 3 is 2.62 bits per heavy atom. The van der Waals surface area contributed by atoms with E-state index < -0.39 is 10.0 Å². The predicted molar refractivity (Wildman–Crippen MR) is 96.1 cm³/mol. The fourth-order valence-corrected chi connectivity index (χ4v) is 3.64. The first-order valence-corrected chi connectivity index (χ1v) is 9.72. The number of sulfonamides is 1. The van der Waals surface area contributed by atoms with Crippen molar-refractivity contribution in [2.75, 3.05) is 22.4 Å². The maximum absolute atomic E-state index is 12.9. The van der Waals surface area contributed by atoms with Crippen molar-refractivity contribution < 1.29 is 13.2 Å². The van der Waals surface area contributed by atoms with Gasteiger partial charge >= 0.3 is 0 Å². The second-order valence-corrected chi connectivity index (χ2v) is 7.84. The third-order valence-corrected chi connectivity index (χ3v) is 4.71. The number of benzene rings is 2. The largest absolute Gasteiger partial charge is 0.308 e. The maximum atomic E-state index is 12.9. The fourth-order valence-electron chi connectivity index (χ4n) is 3.01. The molecule has 0 saturated heterocycles. The number of carbonyl (C=O) groups is 1. The average molecular weight is 344 g/mol. The first-order valence-electron chi connectivity index (χ1n) is 7.83. The van der Waals surface area contributed by atoms with Crippen LogP contribution in [0.15, 0.2) is 42.5 Å². The molecule has 2 aromatic carbocycles. The number of hydrogen-bond acceptors (Lipinski definition) is 3. The van der Waals surface area contributed by atoms with Gasteiger partial charge in [0.25, 0.3) is 5.91 Å². The van der Waals surface area contributed by atoms with Crippen LogP contribution in [0.4, 0.5) is 11.4 Å². The Morgan fingerprint density at radius 2 is 1.92 bits per heavy atom. The van der Waals surface area contributed by atoms with E-state index in [1.165, 1.54) is 5.56 Å². The standard InChI is InChI=1S/C18H20N2O3S/c1-13-12-15(9-10-16(13)19-24(2,22)23)18(21)20-11-5-7-14-6-3-4-8-17(14)20/h3-4,6,8-10,12,19H,5,7,11H2,1-2H3. The molecule has 1 heterocycles. The van der Waals surface area contributed by atoms with Gasteiger partial charge in [-0.15, -0.1) is 0 Å². The normalized spacial score (nSPS) is 14.2. The highest BCUT2D eigenvalue weighted by atomic mass is 32.2. The molecule has 0 spiro atoms. The predicted octanol–water partition coefficient (Wildman–Crippen LogP) is 2.96. The van der Waals surface area contributed by atoms with Crippen molar-refractivity contribution in [3.63, 3.8) is 0 Å². The molecule has 1 aliphatic heterocycles. The van der Waals surface area contributed by atoms with Gasteiger partial charge in [0.1, 0.15) is 0 Å². The third kappa shape index (κ3) is 3.43. The molecule has 3 rings (SSSR count). The number of aryl methyl sites for hydroxylation is 2. The zero-order valence-corrected chi connectivity index (χ0v) is 14.6. The van der Waals surface area contributed by atoms with Crippen LogP contribution in [-0.2, 0) is 16.4 Å². The second kappa shape index (κ2) is 6.28. The van der Waals surface area contributed by atoms with Crippen molar-refractivity contribution in [2.24, 2.45) is 0 Å². The van der Waals surface area contributed by atoms with Crippen LogP contribution in [0.5, 0.6) is 0 Å². The Hall–Kier alpha value is -2.34. The zero-order chi connectivity index (χ0) is 17.3. The van der Waals surface area contributed by atoms with Crippen LogP contribution in [0.1, 0.15) is 27.9 Å². The van der Waals surface area contributed by atoms with E-state index >= 15 is 0 Å². The van der Waals surface area contributed by atoms with Gasteiger partial charge in [-0.3, -0.25) is 9.52 Å². The molecule has 0 saturated carbocycles. The maximum Gasteiger partial charge on any atom is 0.258 e. The lowest BCUT2D eigenvalue weighted by Crippen LogP contribution is -2.35. The molecule has 5 nitrogen and oxygen atoms in total. The van der Waals surface area contributed by atoms with Crippen molar-refractivity contribution in [1.82, 2.24) is 0 Å². The number of amides is 1. The van der Waals surface area contributed by atoms with E-state index in [0.29, 0.717) is 17.8 Å². The SMILES string of the molecule is Cc1cc(C(=O)N2CCCc3ccccc32)ccc1NS(C)(=O)=O. The number of rotatable bonds is 3. The number of hydrogen-bond donors (Lipinski definition) is 1. The van der Waals surface area contributed by atoms with Crippen molar-refractivity contribution in [1.29, 1.82) is 0 Å². The average Bonchev–Trinajstić information content (AvgIpc) is 2.54.